The maximum Gasteiger partial charge on any atom is 0.218 e. The minimum absolute atomic E-state index is 0.231. The standard InChI is InChI=1S/C51H41N3S/c1-30(2)23-32-20-22-53-45-24-31(3)52-21-9-8-16-44(52)34-12-5-4-11-33(34)18-19-35(45)39-27-47-40(26-41(39)46(53)25-32)37-14-10-15-38-42-29-50-43(28-48(42)54(47)51(37)38)36-13-6-7-17-49(36)55-50/h4-17,20-22,25-30,35,45H,3,18-19,23-24H2,1-2H3/q+2. The van der Waals surface area contributed by atoms with Gasteiger partial charge in [-0.2, -0.15) is 9.13 Å². The third-order valence-electron chi connectivity index (χ3n) is 12.8. The first-order valence-electron chi connectivity index (χ1n) is 19.9. The Bertz CT molecular complexity index is 3230. The number of hydrogen-bond acceptors (Lipinski definition) is 1. The van der Waals surface area contributed by atoms with Crippen LogP contribution >= 0.6 is 11.3 Å². The second kappa shape index (κ2) is 11.6. The normalized spacial score (nSPS) is 17.0. The van der Waals surface area contributed by atoms with E-state index in [1.807, 2.05) is 11.3 Å². The number of benzene rings is 5. The van der Waals surface area contributed by atoms with Gasteiger partial charge in [-0.3, -0.25) is 0 Å². The van der Waals surface area contributed by atoms with E-state index in [4.69, 9.17) is 6.58 Å². The largest absolute Gasteiger partial charge is 0.308 e. The molecule has 2 unspecified atom stereocenters. The molecule has 3 nitrogen and oxygen atoms in total. The predicted molar refractivity (Wildman–Crippen MR) is 230 cm³/mol. The van der Waals surface area contributed by atoms with Crippen LogP contribution in [0, 0.1) is 5.92 Å². The Morgan fingerprint density at radius 2 is 1.47 bits per heavy atom. The van der Waals surface area contributed by atoms with Crippen molar-refractivity contribution in [3.05, 3.63) is 157 Å². The lowest BCUT2D eigenvalue weighted by Gasteiger charge is -2.31. The molecule has 0 bridgehead atoms. The van der Waals surface area contributed by atoms with Crippen LogP contribution in [0.2, 0.25) is 0 Å². The van der Waals surface area contributed by atoms with E-state index in [0.29, 0.717) is 11.8 Å². The first kappa shape index (κ1) is 31.5. The number of aromatic nitrogens is 3. The molecule has 0 N–H and O–H groups in total. The minimum Gasteiger partial charge on any atom is -0.308 e. The van der Waals surface area contributed by atoms with Gasteiger partial charge in [0, 0.05) is 77.5 Å². The monoisotopic (exact) mass is 727 g/mol. The van der Waals surface area contributed by atoms with E-state index in [1.165, 1.54) is 97.5 Å². The van der Waals surface area contributed by atoms with Gasteiger partial charge in [0.15, 0.2) is 24.1 Å². The van der Waals surface area contributed by atoms with Crippen LogP contribution in [-0.2, 0) is 12.8 Å². The highest BCUT2D eigenvalue weighted by Gasteiger charge is 2.43. The van der Waals surface area contributed by atoms with Gasteiger partial charge in [0.25, 0.3) is 0 Å². The number of fused-ring (bicyclic) bond motifs is 18. The first-order valence-corrected chi connectivity index (χ1v) is 20.7. The fraction of sp³-hybridized carbons (Fsp3) is 0.176. The lowest BCUT2D eigenvalue weighted by Crippen LogP contribution is -2.49. The highest BCUT2D eigenvalue weighted by Crippen LogP contribution is 2.49. The zero-order valence-electron chi connectivity index (χ0n) is 31.2. The number of aryl methyl sites for hydroxylation is 1. The quantitative estimate of drug-likeness (QED) is 0.157. The summed E-state index contributed by atoms with van der Waals surface area (Å²) in [7, 11) is 0. The molecule has 0 amide bonds. The van der Waals surface area contributed by atoms with Crippen molar-refractivity contribution in [2.45, 2.75) is 51.5 Å². The van der Waals surface area contributed by atoms with E-state index in [0.717, 1.165) is 31.4 Å². The van der Waals surface area contributed by atoms with Gasteiger partial charge in [0.1, 0.15) is 0 Å². The maximum atomic E-state index is 4.81. The van der Waals surface area contributed by atoms with Gasteiger partial charge in [-0.05, 0) is 90.9 Å². The molecule has 2 aliphatic heterocycles. The molecular weight excluding hydrogens is 687 g/mol. The molecule has 5 aromatic carbocycles. The van der Waals surface area contributed by atoms with Crippen molar-refractivity contribution in [2.75, 3.05) is 0 Å². The van der Waals surface area contributed by atoms with Crippen LogP contribution in [0.25, 0.3) is 86.5 Å². The molecule has 5 aromatic heterocycles. The Kier molecular flexibility index (Phi) is 6.64. The summed E-state index contributed by atoms with van der Waals surface area (Å²) in [6, 6.07) is 46.6. The first-order chi connectivity index (χ1) is 27.0. The molecule has 2 atom stereocenters. The van der Waals surface area contributed by atoms with Crippen LogP contribution in [0.5, 0.6) is 0 Å². The van der Waals surface area contributed by atoms with Gasteiger partial charge < -0.3 is 4.40 Å². The van der Waals surface area contributed by atoms with E-state index in [1.54, 1.807) is 0 Å². The average Bonchev–Trinajstić information content (AvgIpc) is 3.85. The van der Waals surface area contributed by atoms with Crippen LogP contribution in [0.4, 0.5) is 0 Å². The lowest BCUT2D eigenvalue weighted by molar-refractivity contribution is -0.720. The molecule has 2 aliphatic rings. The summed E-state index contributed by atoms with van der Waals surface area (Å²) in [4.78, 5) is 0. The van der Waals surface area contributed by atoms with Crippen molar-refractivity contribution in [1.29, 1.82) is 0 Å². The van der Waals surface area contributed by atoms with E-state index in [9.17, 15) is 0 Å². The summed E-state index contributed by atoms with van der Waals surface area (Å²) >= 11 is 1.91. The van der Waals surface area contributed by atoms with Gasteiger partial charge in [-0.15, -0.1) is 11.3 Å². The summed E-state index contributed by atoms with van der Waals surface area (Å²) in [5.41, 5.74) is 14.6. The average molecular weight is 728 g/mol. The van der Waals surface area contributed by atoms with Gasteiger partial charge in [0.05, 0.1) is 28.5 Å². The number of allylic oxidation sites excluding steroid dienone is 1. The molecule has 0 radical (unpaired) electrons. The molecule has 0 spiro atoms. The minimum atomic E-state index is 0.231. The molecule has 4 heteroatoms. The SMILES string of the molecule is C=C1CC2C(CCc3ccccc3-c3cccc[n+]31)c1cc3c(cc1-c1cc(CC(C)C)cc[n+]12)c1cccc2c4cc5sc6ccccc6c5cc4n3c12. The highest BCUT2D eigenvalue weighted by atomic mass is 32.1. The summed E-state index contributed by atoms with van der Waals surface area (Å²) in [6.45, 7) is 9.46. The molecule has 55 heavy (non-hydrogen) atoms. The van der Waals surface area contributed by atoms with Crippen molar-refractivity contribution in [3.8, 4) is 22.5 Å². The molecule has 0 fully saturated rings. The summed E-state index contributed by atoms with van der Waals surface area (Å²) in [5.74, 6) is 0.891. The number of nitrogens with zero attached hydrogens (tertiary/aromatic N) is 3. The molecule has 10 aromatic rings. The van der Waals surface area contributed by atoms with Crippen LogP contribution in [0.15, 0.2) is 140 Å². The van der Waals surface area contributed by atoms with Crippen molar-refractivity contribution < 1.29 is 9.13 Å². The summed E-state index contributed by atoms with van der Waals surface area (Å²) in [6.07, 6.45) is 8.61. The number of rotatable bonds is 2. The topological polar surface area (TPSA) is 12.2 Å². The molecular formula is C51H41N3S+2. The molecule has 0 aliphatic carbocycles. The highest BCUT2D eigenvalue weighted by molar-refractivity contribution is 7.25. The van der Waals surface area contributed by atoms with E-state index < -0.39 is 0 Å². The van der Waals surface area contributed by atoms with Crippen molar-refractivity contribution >= 4 is 75.3 Å². The Balaban J connectivity index is 1.15. The zero-order chi connectivity index (χ0) is 36.5. The Morgan fingerprint density at radius 1 is 0.691 bits per heavy atom. The molecule has 0 saturated heterocycles. The second-order valence-corrected chi connectivity index (χ2v) is 17.6. The Morgan fingerprint density at radius 3 is 2.36 bits per heavy atom. The molecule has 264 valence electrons. The van der Waals surface area contributed by atoms with Crippen molar-refractivity contribution in [3.63, 3.8) is 0 Å². The van der Waals surface area contributed by atoms with Crippen LogP contribution < -0.4 is 9.13 Å². The second-order valence-electron chi connectivity index (χ2n) is 16.5. The maximum absolute atomic E-state index is 4.81. The van der Waals surface area contributed by atoms with Crippen molar-refractivity contribution in [2.24, 2.45) is 5.92 Å². The van der Waals surface area contributed by atoms with Gasteiger partial charge in [0.2, 0.25) is 11.4 Å². The summed E-state index contributed by atoms with van der Waals surface area (Å²) < 4.78 is 10.3. The number of para-hydroxylation sites is 1. The Hall–Kier alpha value is -5.84. The van der Waals surface area contributed by atoms with Crippen LogP contribution in [0.3, 0.4) is 0 Å². The van der Waals surface area contributed by atoms with Crippen molar-refractivity contribution in [1.82, 2.24) is 4.40 Å². The molecule has 0 saturated carbocycles. The van der Waals surface area contributed by atoms with E-state index >= 15 is 0 Å². The molecule has 12 rings (SSSR count). The molecule has 7 heterocycles. The predicted octanol–water partition coefficient (Wildman–Crippen LogP) is 12.5. The smallest absolute Gasteiger partial charge is 0.218 e. The fourth-order valence-electron chi connectivity index (χ4n) is 10.5. The van der Waals surface area contributed by atoms with E-state index in [2.05, 4.69) is 161 Å². The van der Waals surface area contributed by atoms with Gasteiger partial charge in [-0.25, -0.2) is 0 Å². The van der Waals surface area contributed by atoms with Gasteiger partial charge >= 0.3 is 0 Å². The Labute approximate surface area is 324 Å². The number of pyridine rings is 2. The zero-order valence-corrected chi connectivity index (χ0v) is 32.0. The third kappa shape index (κ3) is 4.49. The van der Waals surface area contributed by atoms with Crippen LogP contribution in [-0.4, -0.2) is 4.40 Å². The number of hydrogen-bond donors (Lipinski definition) is 0. The summed E-state index contributed by atoms with van der Waals surface area (Å²) in [5, 5.41) is 8.07. The van der Waals surface area contributed by atoms with E-state index in [-0.39, 0.29) is 6.04 Å². The fourth-order valence-corrected chi connectivity index (χ4v) is 11.6. The number of thiophene rings is 1. The van der Waals surface area contributed by atoms with Crippen LogP contribution in [0.1, 0.15) is 55.3 Å². The van der Waals surface area contributed by atoms with Gasteiger partial charge in [-0.1, -0.05) is 68.4 Å². The lowest BCUT2D eigenvalue weighted by atomic mass is 9.76. The third-order valence-corrected chi connectivity index (χ3v) is 14.0.